The van der Waals surface area contributed by atoms with Crippen LogP contribution in [0.15, 0.2) is 18.5 Å². The molecule has 0 saturated heterocycles. The van der Waals surface area contributed by atoms with E-state index in [1.54, 1.807) is 23.1 Å². The number of nitrogen functional groups attached to an aromatic ring is 1. The van der Waals surface area contributed by atoms with Crippen LogP contribution in [0, 0.1) is 0 Å². The molecule has 0 bridgehead atoms. The highest BCUT2D eigenvalue weighted by atomic mass is 15.4. The van der Waals surface area contributed by atoms with E-state index in [4.69, 9.17) is 5.84 Å². The summed E-state index contributed by atoms with van der Waals surface area (Å²) < 4.78 is 1.56. The molecule has 2 aromatic heterocycles. The molecule has 0 amide bonds. The number of nitrogens with one attached hydrogen (secondary N) is 1. The molecule has 0 atom stereocenters. The maximum atomic E-state index is 5.37. The molecule has 8 heteroatoms. The van der Waals surface area contributed by atoms with Gasteiger partial charge >= 0.3 is 0 Å². The minimum atomic E-state index is 0.317. The maximum Gasteiger partial charge on any atom is 0.257 e. The first-order chi connectivity index (χ1) is 8.78. The van der Waals surface area contributed by atoms with E-state index >= 15 is 0 Å². The second kappa shape index (κ2) is 5.41. The lowest BCUT2D eigenvalue weighted by atomic mass is 10.5. The van der Waals surface area contributed by atoms with Crippen molar-refractivity contribution in [2.24, 2.45) is 5.84 Å². The molecule has 0 spiro atoms. The molecule has 0 aliphatic carbocycles. The van der Waals surface area contributed by atoms with Crippen LogP contribution in [-0.4, -0.2) is 37.8 Å². The Balaban J connectivity index is 2.45. The Hall–Kier alpha value is -2.22. The predicted octanol–water partition coefficient (Wildman–Crippen LogP) is 0.189. The quantitative estimate of drug-likeness (QED) is 0.575. The fourth-order valence-corrected chi connectivity index (χ4v) is 1.56. The Morgan fingerprint density at radius 1 is 1.28 bits per heavy atom. The molecule has 0 radical (unpaired) electrons. The molecule has 2 aromatic rings. The summed E-state index contributed by atoms with van der Waals surface area (Å²) in [7, 11) is 0. The van der Waals surface area contributed by atoms with Crippen molar-refractivity contribution in [3.8, 4) is 5.95 Å². The van der Waals surface area contributed by atoms with Crippen LogP contribution in [0.5, 0.6) is 0 Å². The number of hydrogen-bond acceptors (Lipinski definition) is 7. The highest BCUT2D eigenvalue weighted by molar-refractivity contribution is 5.39. The van der Waals surface area contributed by atoms with E-state index < -0.39 is 0 Å². The Morgan fingerprint density at radius 3 is 2.61 bits per heavy atom. The van der Waals surface area contributed by atoms with Crippen LogP contribution in [0.4, 0.5) is 11.9 Å². The van der Waals surface area contributed by atoms with E-state index in [0.717, 1.165) is 13.1 Å². The standard InChI is InChI=1S/C10H16N8/c1-3-17(4-2)9-13-8(16-11)14-10(15-9)18-7-5-6-12-18/h5-7H,3-4,11H2,1-2H3,(H,13,14,15,16). The molecule has 18 heavy (non-hydrogen) atoms. The van der Waals surface area contributed by atoms with Crippen molar-refractivity contribution in [3.05, 3.63) is 18.5 Å². The molecule has 96 valence electrons. The number of aromatic nitrogens is 5. The van der Waals surface area contributed by atoms with Crippen LogP contribution < -0.4 is 16.2 Å². The largest absolute Gasteiger partial charge is 0.341 e. The molecule has 0 fully saturated rings. The van der Waals surface area contributed by atoms with Crippen LogP contribution >= 0.6 is 0 Å². The van der Waals surface area contributed by atoms with Crippen LogP contribution in [-0.2, 0) is 0 Å². The van der Waals surface area contributed by atoms with E-state index in [1.165, 1.54) is 0 Å². The topological polar surface area (TPSA) is 97.8 Å². The Bertz CT molecular complexity index is 491. The van der Waals surface area contributed by atoms with Crippen molar-refractivity contribution < 1.29 is 0 Å². The molecule has 0 aromatic carbocycles. The number of nitrogens with two attached hydrogens (primary N) is 1. The summed E-state index contributed by atoms with van der Waals surface area (Å²) in [6.07, 6.45) is 3.43. The fraction of sp³-hybridized carbons (Fsp3) is 0.400. The lowest BCUT2D eigenvalue weighted by Gasteiger charge is -2.19. The SMILES string of the molecule is CCN(CC)c1nc(NN)nc(-n2cccn2)n1. The van der Waals surface area contributed by atoms with Gasteiger partial charge < -0.3 is 4.90 Å². The minimum absolute atomic E-state index is 0.317. The van der Waals surface area contributed by atoms with Crippen molar-refractivity contribution in [3.63, 3.8) is 0 Å². The van der Waals surface area contributed by atoms with Gasteiger partial charge in [0.1, 0.15) is 0 Å². The lowest BCUT2D eigenvalue weighted by molar-refractivity contribution is 0.762. The Labute approximate surface area is 105 Å². The molecule has 3 N–H and O–H groups in total. The van der Waals surface area contributed by atoms with Gasteiger partial charge in [-0.15, -0.1) is 0 Å². The van der Waals surface area contributed by atoms with E-state index in [1.807, 2.05) is 18.7 Å². The second-order valence-corrected chi connectivity index (χ2v) is 3.53. The Morgan fingerprint density at radius 2 is 2.06 bits per heavy atom. The first kappa shape index (κ1) is 12.2. The van der Waals surface area contributed by atoms with Crippen molar-refractivity contribution in [1.82, 2.24) is 24.7 Å². The van der Waals surface area contributed by atoms with Gasteiger partial charge in [0, 0.05) is 25.5 Å². The first-order valence-electron chi connectivity index (χ1n) is 5.76. The summed E-state index contributed by atoms with van der Waals surface area (Å²) in [5.41, 5.74) is 2.44. The summed E-state index contributed by atoms with van der Waals surface area (Å²) in [6.45, 7) is 5.69. The molecule has 0 aliphatic heterocycles. The third-order valence-corrected chi connectivity index (χ3v) is 2.50. The first-order valence-corrected chi connectivity index (χ1v) is 5.76. The zero-order valence-corrected chi connectivity index (χ0v) is 10.4. The van der Waals surface area contributed by atoms with E-state index in [0.29, 0.717) is 17.8 Å². The number of hydrogen-bond donors (Lipinski definition) is 2. The highest BCUT2D eigenvalue weighted by Gasteiger charge is 2.11. The second-order valence-electron chi connectivity index (χ2n) is 3.53. The molecular weight excluding hydrogens is 232 g/mol. The average molecular weight is 248 g/mol. The van der Waals surface area contributed by atoms with Gasteiger partial charge in [-0.3, -0.25) is 5.43 Å². The molecule has 0 saturated carbocycles. The van der Waals surface area contributed by atoms with E-state index in [2.05, 4.69) is 25.5 Å². The molecule has 0 aliphatic rings. The zero-order chi connectivity index (χ0) is 13.0. The van der Waals surface area contributed by atoms with Gasteiger partial charge in [-0.1, -0.05) is 0 Å². The van der Waals surface area contributed by atoms with Crippen molar-refractivity contribution in [2.45, 2.75) is 13.8 Å². The molecule has 0 unspecified atom stereocenters. The van der Waals surface area contributed by atoms with Gasteiger partial charge in [0.05, 0.1) is 0 Å². The molecule has 8 nitrogen and oxygen atoms in total. The summed E-state index contributed by atoms with van der Waals surface area (Å²) >= 11 is 0. The number of nitrogens with zero attached hydrogens (tertiary/aromatic N) is 6. The van der Waals surface area contributed by atoms with Gasteiger partial charge in [0.2, 0.25) is 11.9 Å². The highest BCUT2D eigenvalue weighted by Crippen LogP contribution is 2.11. The van der Waals surface area contributed by atoms with Crippen LogP contribution in [0.25, 0.3) is 5.95 Å². The normalized spacial score (nSPS) is 10.4. The average Bonchev–Trinajstić information content (AvgIpc) is 2.94. The predicted molar refractivity (Wildman–Crippen MR) is 68.3 cm³/mol. The van der Waals surface area contributed by atoms with Gasteiger partial charge in [0.15, 0.2) is 0 Å². The van der Waals surface area contributed by atoms with Gasteiger partial charge in [0.25, 0.3) is 5.95 Å². The van der Waals surface area contributed by atoms with Crippen molar-refractivity contribution in [2.75, 3.05) is 23.4 Å². The van der Waals surface area contributed by atoms with Crippen LogP contribution in [0.1, 0.15) is 13.8 Å². The monoisotopic (exact) mass is 248 g/mol. The molecular formula is C10H16N8. The molecule has 2 rings (SSSR count). The number of hydrazine groups is 1. The van der Waals surface area contributed by atoms with Crippen LogP contribution in [0.3, 0.4) is 0 Å². The summed E-state index contributed by atoms with van der Waals surface area (Å²) in [6, 6.07) is 1.80. The van der Waals surface area contributed by atoms with Crippen molar-refractivity contribution >= 4 is 11.9 Å². The number of anilines is 2. The third-order valence-electron chi connectivity index (χ3n) is 2.50. The molecule has 2 heterocycles. The summed E-state index contributed by atoms with van der Waals surface area (Å²) in [4.78, 5) is 14.8. The summed E-state index contributed by atoms with van der Waals surface area (Å²) in [5, 5.41) is 4.09. The third kappa shape index (κ3) is 2.38. The van der Waals surface area contributed by atoms with Crippen molar-refractivity contribution in [1.29, 1.82) is 0 Å². The van der Waals surface area contributed by atoms with E-state index in [-0.39, 0.29) is 0 Å². The van der Waals surface area contributed by atoms with Gasteiger partial charge in [-0.2, -0.15) is 20.1 Å². The Kier molecular flexibility index (Phi) is 3.68. The zero-order valence-electron chi connectivity index (χ0n) is 10.4. The maximum absolute atomic E-state index is 5.37. The summed E-state index contributed by atoms with van der Waals surface area (Å²) in [5.74, 6) is 6.70. The smallest absolute Gasteiger partial charge is 0.257 e. The number of rotatable bonds is 5. The van der Waals surface area contributed by atoms with Crippen LogP contribution in [0.2, 0.25) is 0 Å². The van der Waals surface area contributed by atoms with Gasteiger partial charge in [-0.25, -0.2) is 10.5 Å². The minimum Gasteiger partial charge on any atom is -0.341 e. The van der Waals surface area contributed by atoms with E-state index in [9.17, 15) is 0 Å². The van der Waals surface area contributed by atoms with Gasteiger partial charge in [-0.05, 0) is 19.9 Å². The fourth-order valence-electron chi connectivity index (χ4n) is 1.56. The lowest BCUT2D eigenvalue weighted by Crippen LogP contribution is -2.26.